The summed E-state index contributed by atoms with van der Waals surface area (Å²) in [4.78, 5) is 2.73. The van der Waals surface area contributed by atoms with Gasteiger partial charge in [0.1, 0.15) is 0 Å². The number of nitrogens with zero attached hydrogens (tertiary/aromatic N) is 1. The van der Waals surface area contributed by atoms with Crippen molar-refractivity contribution in [1.29, 1.82) is 0 Å². The molecule has 2 fully saturated rings. The maximum Gasteiger partial charge on any atom is 0.0726 e. The van der Waals surface area contributed by atoms with Crippen LogP contribution in [0.3, 0.4) is 0 Å². The van der Waals surface area contributed by atoms with Crippen LogP contribution in [-0.2, 0) is 4.74 Å². The van der Waals surface area contributed by atoms with Crippen LogP contribution in [0.1, 0.15) is 40.0 Å². The van der Waals surface area contributed by atoms with E-state index in [4.69, 9.17) is 4.74 Å². The van der Waals surface area contributed by atoms with Crippen molar-refractivity contribution in [2.45, 2.75) is 64.3 Å². The number of hydrogen-bond acceptors (Lipinski definition) is 3. The summed E-state index contributed by atoms with van der Waals surface area (Å²) in [5.41, 5.74) is 0. The second-order valence-corrected chi connectivity index (χ2v) is 6.09. The molecule has 1 saturated heterocycles. The molecule has 1 N–H and O–H groups in total. The van der Waals surface area contributed by atoms with E-state index in [2.05, 4.69) is 31.0 Å². The fraction of sp³-hybridized carbons (Fsp3) is 1.00. The first-order chi connectivity index (χ1) is 8.13. The molecule has 0 spiro atoms. The first-order valence-corrected chi connectivity index (χ1v) is 7.15. The van der Waals surface area contributed by atoms with Gasteiger partial charge >= 0.3 is 0 Å². The van der Waals surface area contributed by atoms with Gasteiger partial charge in [0.15, 0.2) is 0 Å². The van der Waals surface area contributed by atoms with E-state index in [0.717, 1.165) is 6.54 Å². The number of hydrogen-bond donors (Lipinski definition) is 1. The monoisotopic (exact) mass is 240 g/mol. The van der Waals surface area contributed by atoms with Crippen LogP contribution in [0.2, 0.25) is 0 Å². The van der Waals surface area contributed by atoms with Gasteiger partial charge in [-0.05, 0) is 32.1 Å². The molecule has 0 aromatic carbocycles. The predicted octanol–water partition coefficient (Wildman–Crippen LogP) is 1.87. The van der Waals surface area contributed by atoms with Crippen LogP contribution in [0.4, 0.5) is 0 Å². The van der Waals surface area contributed by atoms with E-state index in [0.29, 0.717) is 30.1 Å². The van der Waals surface area contributed by atoms with E-state index < -0.39 is 0 Å². The van der Waals surface area contributed by atoms with Gasteiger partial charge in [0, 0.05) is 38.3 Å². The molecule has 4 unspecified atom stereocenters. The summed E-state index contributed by atoms with van der Waals surface area (Å²) < 4.78 is 5.68. The molecule has 1 saturated carbocycles. The summed E-state index contributed by atoms with van der Waals surface area (Å²) in [6.07, 6.45) is 4.34. The zero-order valence-electron chi connectivity index (χ0n) is 11.8. The van der Waals surface area contributed by atoms with Crippen molar-refractivity contribution in [3.63, 3.8) is 0 Å². The Kier molecular flexibility index (Phi) is 4.45. The highest BCUT2D eigenvalue weighted by atomic mass is 16.5. The van der Waals surface area contributed by atoms with Gasteiger partial charge in [-0.25, -0.2) is 0 Å². The van der Waals surface area contributed by atoms with E-state index in [1.807, 2.05) is 7.11 Å². The first kappa shape index (κ1) is 13.3. The summed E-state index contributed by atoms with van der Waals surface area (Å²) in [5.74, 6) is 0.716. The Morgan fingerprint density at radius 3 is 2.71 bits per heavy atom. The third-order valence-corrected chi connectivity index (χ3v) is 4.50. The minimum atomic E-state index is 0.460. The van der Waals surface area contributed by atoms with Crippen LogP contribution in [-0.4, -0.2) is 49.3 Å². The summed E-state index contributed by atoms with van der Waals surface area (Å²) in [5, 5.41) is 3.62. The van der Waals surface area contributed by atoms with Crippen LogP contribution >= 0.6 is 0 Å². The molecule has 0 aromatic rings. The molecule has 0 bridgehead atoms. The lowest BCUT2D eigenvalue weighted by molar-refractivity contribution is -0.0132. The minimum Gasteiger partial charge on any atom is -0.380 e. The molecule has 0 radical (unpaired) electrons. The van der Waals surface area contributed by atoms with E-state index in [1.165, 1.54) is 25.8 Å². The van der Waals surface area contributed by atoms with Crippen LogP contribution in [0.25, 0.3) is 0 Å². The molecule has 0 aromatic heterocycles. The van der Waals surface area contributed by atoms with Gasteiger partial charge in [0.2, 0.25) is 0 Å². The van der Waals surface area contributed by atoms with Crippen molar-refractivity contribution >= 4 is 0 Å². The second kappa shape index (κ2) is 5.68. The highest BCUT2D eigenvalue weighted by molar-refractivity contribution is 4.95. The van der Waals surface area contributed by atoms with Gasteiger partial charge in [-0.3, -0.25) is 4.90 Å². The highest BCUT2D eigenvalue weighted by Gasteiger charge is 2.39. The predicted molar refractivity (Wildman–Crippen MR) is 71.2 cm³/mol. The van der Waals surface area contributed by atoms with Gasteiger partial charge in [-0.15, -0.1) is 0 Å². The van der Waals surface area contributed by atoms with Crippen molar-refractivity contribution in [3.8, 4) is 0 Å². The molecule has 0 amide bonds. The Morgan fingerprint density at radius 1 is 1.29 bits per heavy atom. The Morgan fingerprint density at radius 2 is 2.06 bits per heavy atom. The maximum atomic E-state index is 5.68. The van der Waals surface area contributed by atoms with Gasteiger partial charge in [0.05, 0.1) is 6.10 Å². The molecule has 1 aliphatic heterocycles. The normalized spacial score (nSPS) is 40.1. The zero-order chi connectivity index (χ0) is 12.4. The third kappa shape index (κ3) is 2.83. The lowest BCUT2D eigenvalue weighted by atomic mass is 9.95. The van der Waals surface area contributed by atoms with E-state index in [-0.39, 0.29) is 0 Å². The van der Waals surface area contributed by atoms with Crippen molar-refractivity contribution in [2.75, 3.05) is 20.2 Å². The molecule has 1 aliphatic carbocycles. The first-order valence-electron chi connectivity index (χ1n) is 7.15. The lowest BCUT2D eigenvalue weighted by Gasteiger charge is -2.46. The number of ether oxygens (including phenoxy) is 1. The Balaban J connectivity index is 2.08. The van der Waals surface area contributed by atoms with Crippen molar-refractivity contribution in [1.82, 2.24) is 10.2 Å². The Bertz CT molecular complexity index is 244. The number of methoxy groups -OCH3 is 1. The average molecular weight is 240 g/mol. The standard InChI is InChI=1S/C14H28N2O/c1-10(2)13-8-15-11(3)9-16(13)12-6-5-7-14(12)17-4/h10-15H,5-9H2,1-4H3. The van der Waals surface area contributed by atoms with Crippen molar-refractivity contribution in [3.05, 3.63) is 0 Å². The van der Waals surface area contributed by atoms with Gasteiger partial charge < -0.3 is 10.1 Å². The van der Waals surface area contributed by atoms with Crippen LogP contribution in [0.5, 0.6) is 0 Å². The fourth-order valence-electron chi connectivity index (χ4n) is 3.52. The van der Waals surface area contributed by atoms with Crippen LogP contribution < -0.4 is 5.32 Å². The van der Waals surface area contributed by atoms with Crippen molar-refractivity contribution < 1.29 is 4.74 Å². The average Bonchev–Trinajstić information content (AvgIpc) is 2.76. The molecule has 17 heavy (non-hydrogen) atoms. The van der Waals surface area contributed by atoms with E-state index >= 15 is 0 Å². The summed E-state index contributed by atoms with van der Waals surface area (Å²) in [6, 6.07) is 1.94. The molecule has 2 rings (SSSR count). The fourth-order valence-corrected chi connectivity index (χ4v) is 3.52. The third-order valence-electron chi connectivity index (χ3n) is 4.50. The van der Waals surface area contributed by atoms with Crippen LogP contribution in [0.15, 0.2) is 0 Å². The molecule has 3 heteroatoms. The SMILES string of the molecule is COC1CCCC1N1CC(C)NCC1C(C)C. The zero-order valence-corrected chi connectivity index (χ0v) is 11.8. The van der Waals surface area contributed by atoms with E-state index in [9.17, 15) is 0 Å². The second-order valence-electron chi connectivity index (χ2n) is 6.09. The smallest absolute Gasteiger partial charge is 0.0726 e. The van der Waals surface area contributed by atoms with Crippen molar-refractivity contribution in [2.24, 2.45) is 5.92 Å². The molecule has 4 atom stereocenters. The summed E-state index contributed by atoms with van der Waals surface area (Å²) >= 11 is 0. The number of nitrogens with one attached hydrogen (secondary N) is 1. The summed E-state index contributed by atoms with van der Waals surface area (Å²) in [7, 11) is 1.87. The van der Waals surface area contributed by atoms with Gasteiger partial charge in [-0.2, -0.15) is 0 Å². The Hall–Kier alpha value is -0.120. The molecule has 2 aliphatic rings. The minimum absolute atomic E-state index is 0.460. The molecular formula is C14H28N2O. The molecule has 1 heterocycles. The lowest BCUT2D eigenvalue weighted by Crippen LogP contribution is -2.61. The highest BCUT2D eigenvalue weighted by Crippen LogP contribution is 2.30. The number of piperazine rings is 1. The number of rotatable bonds is 3. The topological polar surface area (TPSA) is 24.5 Å². The quantitative estimate of drug-likeness (QED) is 0.815. The largest absolute Gasteiger partial charge is 0.380 e. The van der Waals surface area contributed by atoms with Gasteiger partial charge in [-0.1, -0.05) is 13.8 Å². The molecular weight excluding hydrogens is 212 g/mol. The van der Waals surface area contributed by atoms with Gasteiger partial charge in [0.25, 0.3) is 0 Å². The van der Waals surface area contributed by atoms with Crippen LogP contribution in [0, 0.1) is 5.92 Å². The molecule has 3 nitrogen and oxygen atoms in total. The molecule has 100 valence electrons. The maximum absolute atomic E-state index is 5.68. The Labute approximate surface area is 106 Å². The van der Waals surface area contributed by atoms with E-state index in [1.54, 1.807) is 0 Å². The summed E-state index contributed by atoms with van der Waals surface area (Å²) in [6.45, 7) is 9.28.